The Kier molecular flexibility index (Phi) is 10.1. The molecule has 3 aromatic rings. The van der Waals surface area contributed by atoms with Crippen molar-refractivity contribution in [1.82, 2.24) is 4.57 Å². The largest absolute Gasteiger partial charge is 0.486 e. The van der Waals surface area contributed by atoms with Gasteiger partial charge in [0.15, 0.2) is 5.78 Å². The Bertz CT molecular complexity index is 1190. The molecule has 198 valence electrons. The van der Waals surface area contributed by atoms with Gasteiger partial charge in [-0.1, -0.05) is 70.5 Å². The maximum absolute atomic E-state index is 13.6. The molecule has 0 amide bonds. The van der Waals surface area contributed by atoms with E-state index in [2.05, 4.69) is 45.0 Å². The number of nitrogens with zero attached hydrogens (tertiary/aromatic N) is 1. The highest BCUT2D eigenvalue weighted by molar-refractivity contribution is 6.10. The quantitative estimate of drug-likeness (QED) is 0.234. The Labute approximate surface area is 221 Å². The van der Waals surface area contributed by atoms with Crippen molar-refractivity contribution in [2.75, 3.05) is 0 Å². The van der Waals surface area contributed by atoms with Crippen LogP contribution in [0.15, 0.2) is 54.6 Å². The molecule has 5 nitrogen and oxygen atoms in total. The molecule has 1 heterocycles. The van der Waals surface area contributed by atoms with Gasteiger partial charge in [-0.3, -0.25) is 9.59 Å². The number of ether oxygens (including phenoxy) is 1. The maximum atomic E-state index is 13.6. The highest BCUT2D eigenvalue weighted by atomic mass is 16.5. The Morgan fingerprint density at radius 1 is 1.03 bits per heavy atom. The van der Waals surface area contributed by atoms with Crippen LogP contribution in [0.25, 0.3) is 0 Å². The predicted octanol–water partition coefficient (Wildman–Crippen LogP) is 7.34. The summed E-state index contributed by atoms with van der Waals surface area (Å²) in [7, 11) is 1.95. The van der Waals surface area contributed by atoms with Crippen LogP contribution in [-0.2, 0) is 31.1 Å². The Morgan fingerprint density at radius 2 is 1.76 bits per heavy atom. The number of carboxylic acid groups (broad SMARTS) is 1. The normalized spacial score (nSPS) is 12.1. The molecule has 0 saturated carbocycles. The fraction of sp³-hybridized carbons (Fsp3) is 0.438. The van der Waals surface area contributed by atoms with Gasteiger partial charge < -0.3 is 14.4 Å². The van der Waals surface area contributed by atoms with Crippen LogP contribution < -0.4 is 4.74 Å². The van der Waals surface area contributed by atoms with Gasteiger partial charge in [0.25, 0.3) is 0 Å². The second-order valence-corrected chi connectivity index (χ2v) is 10.2. The Hall–Kier alpha value is -3.34. The van der Waals surface area contributed by atoms with E-state index < -0.39 is 5.97 Å². The van der Waals surface area contributed by atoms with Crippen molar-refractivity contribution >= 4 is 11.8 Å². The molecule has 0 aliphatic carbocycles. The van der Waals surface area contributed by atoms with Crippen molar-refractivity contribution in [1.29, 1.82) is 0 Å². The first-order chi connectivity index (χ1) is 17.7. The van der Waals surface area contributed by atoms with Crippen molar-refractivity contribution in [2.24, 2.45) is 13.0 Å². The van der Waals surface area contributed by atoms with Crippen LogP contribution in [0.3, 0.4) is 0 Å². The van der Waals surface area contributed by atoms with Crippen LogP contribution in [-0.4, -0.2) is 21.4 Å². The summed E-state index contributed by atoms with van der Waals surface area (Å²) in [5.41, 5.74) is 5.70. The number of ketones is 1. The number of carbonyl (C=O) groups is 2. The molecule has 0 aliphatic heterocycles. The summed E-state index contributed by atoms with van der Waals surface area (Å²) >= 11 is 0. The third-order valence-corrected chi connectivity index (χ3v) is 6.78. The molecule has 2 aromatic carbocycles. The van der Waals surface area contributed by atoms with Crippen LogP contribution in [0.5, 0.6) is 5.75 Å². The highest BCUT2D eigenvalue weighted by Crippen LogP contribution is 2.29. The molecule has 1 unspecified atom stereocenters. The molecule has 3 rings (SSSR count). The van der Waals surface area contributed by atoms with Crippen LogP contribution in [0, 0.1) is 5.92 Å². The van der Waals surface area contributed by atoms with Gasteiger partial charge in [0.05, 0.1) is 0 Å². The summed E-state index contributed by atoms with van der Waals surface area (Å²) < 4.78 is 8.47. The second-order valence-electron chi connectivity index (χ2n) is 10.2. The molecular formula is C32H41NO4. The van der Waals surface area contributed by atoms with Gasteiger partial charge in [0, 0.05) is 36.0 Å². The Balaban J connectivity index is 1.81. The lowest BCUT2D eigenvalue weighted by molar-refractivity contribution is -0.137. The van der Waals surface area contributed by atoms with Gasteiger partial charge in [-0.2, -0.15) is 0 Å². The van der Waals surface area contributed by atoms with Crippen molar-refractivity contribution in [2.45, 2.75) is 78.7 Å². The van der Waals surface area contributed by atoms with E-state index in [9.17, 15) is 9.59 Å². The first kappa shape index (κ1) is 28.2. The minimum Gasteiger partial charge on any atom is -0.486 e. The zero-order valence-corrected chi connectivity index (χ0v) is 22.9. The minimum absolute atomic E-state index is 0.0348. The van der Waals surface area contributed by atoms with E-state index in [0.717, 1.165) is 42.6 Å². The lowest BCUT2D eigenvalue weighted by Crippen LogP contribution is -2.09. The first-order valence-electron chi connectivity index (χ1n) is 13.5. The van der Waals surface area contributed by atoms with E-state index in [4.69, 9.17) is 9.84 Å². The summed E-state index contributed by atoms with van der Waals surface area (Å²) in [4.78, 5) is 24.5. The number of aromatic nitrogens is 1. The van der Waals surface area contributed by atoms with Gasteiger partial charge in [-0.25, -0.2) is 0 Å². The average molecular weight is 504 g/mol. The number of aliphatic carboxylic acids is 1. The molecule has 0 radical (unpaired) electrons. The zero-order valence-electron chi connectivity index (χ0n) is 22.9. The first-order valence-corrected chi connectivity index (χ1v) is 13.5. The smallest absolute Gasteiger partial charge is 0.303 e. The molecule has 0 fully saturated rings. The molecule has 5 heteroatoms. The lowest BCUT2D eigenvalue weighted by Gasteiger charge is -2.20. The number of benzene rings is 2. The number of hydrogen-bond donors (Lipinski definition) is 1. The summed E-state index contributed by atoms with van der Waals surface area (Å²) in [6.45, 7) is 8.64. The standard InChI is InChI=1S/C32H41NO4/c1-6-10-30(24-17-15-23(16-18-24)19-22(3)4)37-27-13-8-11-25(20-27)32(36)28-21-26(12-9-14-31(34)35)33(5)29(28)7-2/h8,11,13,15-18,20-22,30H,6-7,9-10,12,14,19H2,1-5H3,(H,34,35). The fourth-order valence-corrected chi connectivity index (χ4v) is 4.91. The van der Waals surface area contributed by atoms with Gasteiger partial charge in [-0.05, 0) is 67.3 Å². The number of rotatable bonds is 14. The number of carboxylic acids is 1. The fourth-order valence-electron chi connectivity index (χ4n) is 4.91. The molecule has 0 bridgehead atoms. The highest BCUT2D eigenvalue weighted by Gasteiger charge is 2.20. The van der Waals surface area contributed by atoms with E-state index in [0.29, 0.717) is 35.6 Å². The average Bonchev–Trinajstić information content (AvgIpc) is 3.18. The monoisotopic (exact) mass is 503 g/mol. The number of hydrogen-bond acceptors (Lipinski definition) is 3. The maximum Gasteiger partial charge on any atom is 0.303 e. The van der Waals surface area contributed by atoms with Gasteiger partial charge >= 0.3 is 5.97 Å². The molecule has 0 aliphatic rings. The second kappa shape index (κ2) is 13.3. The van der Waals surface area contributed by atoms with E-state index in [1.807, 2.05) is 48.9 Å². The zero-order chi connectivity index (χ0) is 26.9. The van der Waals surface area contributed by atoms with E-state index in [1.165, 1.54) is 5.56 Å². The van der Waals surface area contributed by atoms with Crippen molar-refractivity contribution < 1.29 is 19.4 Å². The summed E-state index contributed by atoms with van der Waals surface area (Å²) in [5.74, 6) is 0.470. The summed E-state index contributed by atoms with van der Waals surface area (Å²) in [6, 6.07) is 18.1. The van der Waals surface area contributed by atoms with Gasteiger partial charge in [0.2, 0.25) is 0 Å². The van der Waals surface area contributed by atoms with Gasteiger partial charge in [0.1, 0.15) is 11.9 Å². The van der Waals surface area contributed by atoms with Crippen molar-refractivity contribution in [3.05, 3.63) is 88.2 Å². The molecular weight excluding hydrogens is 462 g/mol. The molecule has 37 heavy (non-hydrogen) atoms. The van der Waals surface area contributed by atoms with Crippen molar-refractivity contribution in [3.63, 3.8) is 0 Å². The number of carbonyl (C=O) groups excluding carboxylic acids is 1. The molecule has 1 N–H and O–H groups in total. The van der Waals surface area contributed by atoms with E-state index >= 15 is 0 Å². The summed E-state index contributed by atoms with van der Waals surface area (Å²) in [6.07, 6.45) is 4.88. The van der Waals surface area contributed by atoms with E-state index in [-0.39, 0.29) is 18.3 Å². The SMILES string of the molecule is CCCC(Oc1cccc(C(=O)c2cc(CCCC(=O)O)n(C)c2CC)c1)c1ccc(CC(C)C)cc1. The van der Waals surface area contributed by atoms with Crippen molar-refractivity contribution in [3.8, 4) is 5.75 Å². The molecule has 0 saturated heterocycles. The van der Waals surface area contributed by atoms with Crippen LogP contribution in [0.1, 0.15) is 97.9 Å². The minimum atomic E-state index is -0.800. The van der Waals surface area contributed by atoms with Crippen LogP contribution in [0.2, 0.25) is 0 Å². The molecule has 1 atom stereocenters. The third kappa shape index (κ3) is 7.58. The molecule has 1 aromatic heterocycles. The summed E-state index contributed by atoms with van der Waals surface area (Å²) in [5, 5.41) is 8.97. The lowest BCUT2D eigenvalue weighted by atomic mass is 9.98. The van der Waals surface area contributed by atoms with E-state index in [1.54, 1.807) is 0 Å². The number of aryl methyl sites for hydroxylation is 1. The van der Waals surface area contributed by atoms with Crippen LogP contribution in [0.4, 0.5) is 0 Å². The topological polar surface area (TPSA) is 68.5 Å². The van der Waals surface area contributed by atoms with Crippen LogP contribution >= 0.6 is 0 Å². The predicted molar refractivity (Wildman–Crippen MR) is 149 cm³/mol. The third-order valence-electron chi connectivity index (χ3n) is 6.78. The Morgan fingerprint density at radius 3 is 2.38 bits per heavy atom. The van der Waals surface area contributed by atoms with Gasteiger partial charge in [-0.15, -0.1) is 0 Å². The molecule has 0 spiro atoms.